The van der Waals surface area contributed by atoms with Gasteiger partial charge in [-0.2, -0.15) is 4.31 Å². The second-order valence-corrected chi connectivity index (χ2v) is 10.3. The van der Waals surface area contributed by atoms with Crippen LogP contribution < -0.4 is 5.73 Å². The van der Waals surface area contributed by atoms with Crippen molar-refractivity contribution in [2.75, 3.05) is 19.3 Å². The molecule has 1 aromatic carbocycles. The summed E-state index contributed by atoms with van der Waals surface area (Å²) in [5, 5.41) is 0. The topological polar surface area (TPSA) is 66.6 Å². The quantitative estimate of drug-likeness (QED) is 0.880. The molecule has 0 aromatic heterocycles. The second kappa shape index (κ2) is 7.23. The fourth-order valence-corrected chi connectivity index (χ4v) is 6.34. The minimum Gasteiger partial charge on any atom is -0.328 e. The molecule has 26 heavy (non-hydrogen) atoms. The van der Waals surface area contributed by atoms with E-state index in [2.05, 4.69) is 29.2 Å². The molecule has 6 heteroatoms. The highest BCUT2D eigenvalue weighted by Crippen LogP contribution is 2.41. The first-order valence-electron chi connectivity index (χ1n) is 10.0. The summed E-state index contributed by atoms with van der Waals surface area (Å²) >= 11 is 0. The van der Waals surface area contributed by atoms with Crippen LogP contribution in [0, 0.1) is 0 Å². The van der Waals surface area contributed by atoms with E-state index in [1.54, 1.807) is 4.31 Å². The fourth-order valence-electron chi connectivity index (χ4n) is 5.23. The Hall–Kier alpha value is -0.950. The Kier molecular flexibility index (Phi) is 5.12. The summed E-state index contributed by atoms with van der Waals surface area (Å²) in [5.74, 6) is 0. The van der Waals surface area contributed by atoms with E-state index >= 15 is 0 Å². The third-order valence-corrected chi connectivity index (χ3v) is 7.86. The van der Waals surface area contributed by atoms with Crippen molar-refractivity contribution < 1.29 is 8.42 Å². The van der Waals surface area contributed by atoms with Crippen molar-refractivity contribution in [2.45, 2.75) is 69.1 Å². The van der Waals surface area contributed by atoms with Crippen LogP contribution in [0.5, 0.6) is 0 Å². The number of fused-ring (bicyclic) bond motifs is 1. The average molecular weight is 378 g/mol. The molecular weight excluding hydrogens is 346 g/mol. The summed E-state index contributed by atoms with van der Waals surface area (Å²) in [5.41, 5.74) is 8.59. The smallest absolute Gasteiger partial charge is 0.211 e. The molecule has 2 unspecified atom stereocenters. The Morgan fingerprint density at radius 1 is 0.923 bits per heavy atom. The van der Waals surface area contributed by atoms with Gasteiger partial charge in [-0.3, -0.25) is 4.90 Å². The van der Waals surface area contributed by atoms with E-state index in [4.69, 9.17) is 5.73 Å². The number of hydrogen-bond donors (Lipinski definition) is 1. The third kappa shape index (κ3) is 3.57. The van der Waals surface area contributed by atoms with Gasteiger partial charge in [-0.15, -0.1) is 0 Å². The molecule has 0 amide bonds. The Morgan fingerprint density at radius 3 is 2.31 bits per heavy atom. The van der Waals surface area contributed by atoms with E-state index in [0.717, 1.165) is 18.0 Å². The summed E-state index contributed by atoms with van der Waals surface area (Å²) in [4.78, 5) is 2.69. The zero-order valence-electron chi connectivity index (χ0n) is 15.7. The fraction of sp³-hybridized carbons (Fsp3) is 0.700. The van der Waals surface area contributed by atoms with E-state index in [9.17, 15) is 8.42 Å². The summed E-state index contributed by atoms with van der Waals surface area (Å²) < 4.78 is 26.0. The highest BCUT2D eigenvalue weighted by molar-refractivity contribution is 7.88. The average Bonchev–Trinajstić information content (AvgIpc) is 3.05. The molecule has 3 saturated heterocycles. The number of nitrogens with two attached hydrogens (primary N) is 1. The van der Waals surface area contributed by atoms with Gasteiger partial charge >= 0.3 is 0 Å². The molecule has 1 aromatic rings. The largest absolute Gasteiger partial charge is 0.328 e. The molecule has 4 rings (SSSR count). The molecule has 3 aliphatic heterocycles. The number of nitrogens with zero attached hydrogens (tertiary/aromatic N) is 2. The number of hydrogen-bond acceptors (Lipinski definition) is 4. The highest BCUT2D eigenvalue weighted by Gasteiger charge is 2.36. The Labute approximate surface area is 157 Å². The van der Waals surface area contributed by atoms with E-state index in [1.807, 2.05) is 0 Å². The van der Waals surface area contributed by atoms with Crippen LogP contribution in [0.3, 0.4) is 0 Å². The van der Waals surface area contributed by atoms with Gasteiger partial charge in [0.25, 0.3) is 0 Å². The predicted molar refractivity (Wildman–Crippen MR) is 104 cm³/mol. The molecule has 5 nitrogen and oxygen atoms in total. The third-order valence-electron chi connectivity index (χ3n) is 6.57. The number of benzene rings is 1. The van der Waals surface area contributed by atoms with Gasteiger partial charge in [-0.25, -0.2) is 8.42 Å². The van der Waals surface area contributed by atoms with Crippen molar-refractivity contribution in [1.29, 1.82) is 0 Å². The molecular formula is C20H31N3O2S. The zero-order chi connectivity index (χ0) is 18.3. The first-order chi connectivity index (χ1) is 12.4. The first kappa shape index (κ1) is 18.4. The SMILES string of the molecule is CS(=O)(=O)N1CCC(N)CC1c1ccc([C@H]2CC[C@H]3CCCCN32)cc1. The summed E-state index contributed by atoms with van der Waals surface area (Å²) in [6.07, 6.45) is 9.33. The van der Waals surface area contributed by atoms with Crippen LogP contribution in [0.2, 0.25) is 0 Å². The van der Waals surface area contributed by atoms with Crippen LogP contribution in [0.15, 0.2) is 24.3 Å². The standard InChI is InChI=1S/C20H31N3O2S/c1-26(24,25)23-13-11-17(21)14-20(23)16-7-5-15(6-8-16)19-10-9-18-4-2-3-12-22(18)19/h5-8,17-20H,2-4,9-14,21H2,1H3/t17?,18-,19-,20?/m1/s1. The van der Waals surface area contributed by atoms with Gasteiger partial charge < -0.3 is 5.73 Å². The summed E-state index contributed by atoms with van der Waals surface area (Å²) in [6.45, 7) is 1.74. The van der Waals surface area contributed by atoms with Crippen LogP contribution in [0.25, 0.3) is 0 Å². The predicted octanol–water partition coefficient (Wildman–Crippen LogP) is 2.80. The summed E-state index contributed by atoms with van der Waals surface area (Å²) in [7, 11) is -3.22. The van der Waals surface area contributed by atoms with Crippen molar-refractivity contribution in [2.24, 2.45) is 5.73 Å². The molecule has 3 fully saturated rings. The van der Waals surface area contributed by atoms with Crippen molar-refractivity contribution in [1.82, 2.24) is 9.21 Å². The van der Waals surface area contributed by atoms with Crippen LogP contribution in [-0.2, 0) is 10.0 Å². The van der Waals surface area contributed by atoms with Gasteiger partial charge in [0.15, 0.2) is 0 Å². The number of rotatable bonds is 3. The lowest BCUT2D eigenvalue weighted by atomic mass is 9.92. The molecule has 4 atom stereocenters. The molecule has 2 N–H and O–H groups in total. The molecule has 3 heterocycles. The monoisotopic (exact) mass is 377 g/mol. The van der Waals surface area contributed by atoms with Crippen LogP contribution in [0.4, 0.5) is 0 Å². The normalized spacial score (nSPS) is 33.9. The van der Waals surface area contributed by atoms with E-state index < -0.39 is 10.0 Å². The maximum Gasteiger partial charge on any atom is 0.211 e. The minimum absolute atomic E-state index is 0.0709. The summed E-state index contributed by atoms with van der Waals surface area (Å²) in [6, 6.07) is 9.95. The van der Waals surface area contributed by atoms with E-state index in [-0.39, 0.29) is 12.1 Å². The van der Waals surface area contributed by atoms with Crippen molar-refractivity contribution in [3.05, 3.63) is 35.4 Å². The molecule has 0 spiro atoms. The van der Waals surface area contributed by atoms with Crippen LogP contribution in [-0.4, -0.2) is 49.1 Å². The van der Waals surface area contributed by atoms with Gasteiger partial charge in [0.2, 0.25) is 10.0 Å². The van der Waals surface area contributed by atoms with E-state index in [0.29, 0.717) is 19.0 Å². The van der Waals surface area contributed by atoms with Crippen molar-refractivity contribution in [3.8, 4) is 0 Å². The van der Waals surface area contributed by atoms with E-state index in [1.165, 1.54) is 50.5 Å². The maximum absolute atomic E-state index is 12.2. The molecule has 0 saturated carbocycles. The lowest BCUT2D eigenvalue weighted by Gasteiger charge is -2.37. The highest BCUT2D eigenvalue weighted by atomic mass is 32.2. The lowest BCUT2D eigenvalue weighted by Crippen LogP contribution is -2.44. The van der Waals surface area contributed by atoms with Gasteiger partial charge in [-0.1, -0.05) is 30.7 Å². The van der Waals surface area contributed by atoms with Gasteiger partial charge in [-0.05, 0) is 56.2 Å². The van der Waals surface area contributed by atoms with Gasteiger partial charge in [0.05, 0.1) is 12.3 Å². The van der Waals surface area contributed by atoms with Crippen molar-refractivity contribution >= 4 is 10.0 Å². The molecule has 144 valence electrons. The molecule has 0 radical (unpaired) electrons. The zero-order valence-corrected chi connectivity index (χ0v) is 16.5. The lowest BCUT2D eigenvalue weighted by molar-refractivity contribution is 0.150. The maximum atomic E-state index is 12.2. The Bertz CT molecular complexity index is 734. The molecule has 3 aliphatic rings. The van der Waals surface area contributed by atoms with Gasteiger partial charge in [0.1, 0.15) is 0 Å². The Balaban J connectivity index is 1.55. The van der Waals surface area contributed by atoms with Gasteiger partial charge in [0, 0.05) is 24.7 Å². The number of piperidine rings is 2. The Morgan fingerprint density at radius 2 is 1.62 bits per heavy atom. The number of sulfonamides is 1. The first-order valence-corrected chi connectivity index (χ1v) is 11.9. The van der Waals surface area contributed by atoms with Crippen molar-refractivity contribution in [3.63, 3.8) is 0 Å². The second-order valence-electron chi connectivity index (χ2n) is 8.32. The van der Waals surface area contributed by atoms with Crippen LogP contribution in [0.1, 0.15) is 68.2 Å². The van der Waals surface area contributed by atoms with Crippen LogP contribution >= 0.6 is 0 Å². The minimum atomic E-state index is -3.22. The molecule has 0 aliphatic carbocycles. The molecule has 0 bridgehead atoms.